The zero-order chi connectivity index (χ0) is 22.4. The van der Waals surface area contributed by atoms with Gasteiger partial charge in [0.15, 0.2) is 5.43 Å². The van der Waals surface area contributed by atoms with Crippen LogP contribution < -0.4 is 16.1 Å². The number of hydrogen-bond acceptors (Lipinski definition) is 4. The van der Waals surface area contributed by atoms with Gasteiger partial charge in [0.25, 0.3) is 0 Å². The summed E-state index contributed by atoms with van der Waals surface area (Å²) in [4.78, 5) is 17.5. The van der Waals surface area contributed by atoms with Crippen molar-refractivity contribution in [3.05, 3.63) is 101 Å². The number of allylic oxidation sites excluding steroid dienone is 2. The van der Waals surface area contributed by atoms with Crippen molar-refractivity contribution < 1.29 is 7.24 Å². The van der Waals surface area contributed by atoms with E-state index in [-0.39, 0.29) is 14.1 Å². The molecule has 2 aromatic heterocycles. The first kappa shape index (κ1) is 19.7. The van der Waals surface area contributed by atoms with Crippen LogP contribution in [-0.4, -0.2) is 9.55 Å². The second kappa shape index (κ2) is 7.89. The molecule has 2 heterocycles. The summed E-state index contributed by atoms with van der Waals surface area (Å²) in [7, 11) is 0. The van der Waals surface area contributed by atoms with E-state index >= 15 is 0 Å². The minimum Gasteiger partial charge on any atom is -0.345 e. The van der Waals surface area contributed by atoms with Crippen molar-refractivity contribution in [3.63, 3.8) is 0 Å². The molecular weight excluding hydrogens is 415 g/mol. The Morgan fingerprint density at radius 2 is 1.85 bits per heavy atom. The molecule has 2 aliphatic carbocycles. The van der Waals surface area contributed by atoms with Gasteiger partial charge in [0.1, 0.15) is 17.5 Å². The SMILES string of the molecule is O=c1cc(NC2=CCCC3CC23)n(-c2ccccc2)c2cc(Nc3ccc(F)cc3)ncc12.[HH].[HH]. The minimum absolute atomic E-state index is 0. The number of benzene rings is 2. The molecule has 2 aliphatic rings. The number of rotatable bonds is 5. The van der Waals surface area contributed by atoms with Gasteiger partial charge in [-0.25, -0.2) is 9.37 Å². The predicted octanol–water partition coefficient (Wildman–Crippen LogP) is 6.49. The van der Waals surface area contributed by atoms with E-state index in [4.69, 9.17) is 0 Å². The molecule has 0 spiro atoms. The van der Waals surface area contributed by atoms with Crippen molar-refractivity contribution in [1.29, 1.82) is 0 Å². The third-order valence-corrected chi connectivity index (χ3v) is 6.52. The van der Waals surface area contributed by atoms with Gasteiger partial charge in [-0.05, 0) is 61.6 Å². The van der Waals surface area contributed by atoms with Gasteiger partial charge in [-0.3, -0.25) is 9.36 Å². The number of hydrogen-bond donors (Lipinski definition) is 2. The van der Waals surface area contributed by atoms with Gasteiger partial charge in [-0.2, -0.15) is 0 Å². The molecule has 168 valence electrons. The molecule has 0 amide bonds. The highest BCUT2D eigenvalue weighted by Crippen LogP contribution is 2.50. The summed E-state index contributed by atoms with van der Waals surface area (Å²) in [5, 5.41) is 7.34. The molecule has 6 heteroatoms. The largest absolute Gasteiger partial charge is 0.345 e. The number of nitrogens with one attached hydrogen (secondary N) is 2. The summed E-state index contributed by atoms with van der Waals surface area (Å²) < 4.78 is 15.4. The number of nitrogens with zero attached hydrogens (tertiary/aromatic N) is 2. The summed E-state index contributed by atoms with van der Waals surface area (Å²) in [5.41, 5.74) is 3.56. The maximum absolute atomic E-state index is 13.3. The number of aromatic nitrogens is 2. The van der Waals surface area contributed by atoms with Crippen molar-refractivity contribution in [2.24, 2.45) is 11.8 Å². The van der Waals surface area contributed by atoms with E-state index in [0.717, 1.165) is 35.0 Å². The van der Waals surface area contributed by atoms with Crippen LogP contribution in [-0.2, 0) is 0 Å². The van der Waals surface area contributed by atoms with Crippen LogP contribution in [0.15, 0.2) is 89.5 Å². The number of pyridine rings is 2. The first-order valence-corrected chi connectivity index (χ1v) is 11.3. The summed E-state index contributed by atoms with van der Waals surface area (Å²) in [6.07, 6.45) is 7.42. The van der Waals surface area contributed by atoms with E-state index in [1.54, 1.807) is 24.4 Å². The second-order valence-electron chi connectivity index (χ2n) is 8.75. The van der Waals surface area contributed by atoms with Crippen LogP contribution >= 0.6 is 0 Å². The van der Waals surface area contributed by atoms with Crippen LogP contribution in [0.3, 0.4) is 0 Å². The Hall–Kier alpha value is -3.93. The van der Waals surface area contributed by atoms with Gasteiger partial charge in [0.2, 0.25) is 0 Å². The summed E-state index contributed by atoms with van der Waals surface area (Å²) >= 11 is 0. The predicted molar refractivity (Wildman–Crippen MR) is 134 cm³/mol. The maximum Gasteiger partial charge on any atom is 0.193 e. The maximum atomic E-state index is 13.3. The quantitative estimate of drug-likeness (QED) is 0.371. The Kier molecular flexibility index (Phi) is 4.72. The zero-order valence-corrected chi connectivity index (χ0v) is 18.0. The molecule has 0 bridgehead atoms. The monoisotopic (exact) mass is 442 g/mol. The van der Waals surface area contributed by atoms with Crippen molar-refractivity contribution in [2.75, 3.05) is 10.6 Å². The van der Waals surface area contributed by atoms with Crippen molar-refractivity contribution in [3.8, 4) is 5.69 Å². The van der Waals surface area contributed by atoms with Crippen LogP contribution in [0.5, 0.6) is 0 Å². The Morgan fingerprint density at radius 1 is 1.03 bits per heavy atom. The molecule has 0 radical (unpaired) electrons. The average Bonchev–Trinajstić information content (AvgIpc) is 3.62. The molecule has 0 saturated heterocycles. The lowest BCUT2D eigenvalue weighted by molar-refractivity contribution is 0.628. The third kappa shape index (κ3) is 3.78. The van der Waals surface area contributed by atoms with E-state index < -0.39 is 0 Å². The molecule has 2 aromatic carbocycles. The molecule has 2 unspecified atom stereocenters. The molecule has 0 aliphatic heterocycles. The van der Waals surface area contributed by atoms with Gasteiger partial charge >= 0.3 is 0 Å². The van der Waals surface area contributed by atoms with Gasteiger partial charge in [0, 0.05) is 44.2 Å². The Bertz CT molecular complexity index is 1440. The fourth-order valence-corrected chi connectivity index (χ4v) is 4.76. The number of halogens is 1. The first-order valence-electron chi connectivity index (χ1n) is 11.3. The summed E-state index contributed by atoms with van der Waals surface area (Å²) in [6.45, 7) is 0. The zero-order valence-electron chi connectivity index (χ0n) is 18.0. The average molecular weight is 443 g/mol. The Labute approximate surface area is 193 Å². The van der Waals surface area contributed by atoms with Crippen LogP contribution in [0, 0.1) is 17.7 Å². The van der Waals surface area contributed by atoms with E-state index in [1.165, 1.54) is 30.7 Å². The highest BCUT2D eigenvalue weighted by atomic mass is 19.1. The van der Waals surface area contributed by atoms with E-state index in [9.17, 15) is 9.18 Å². The van der Waals surface area contributed by atoms with Gasteiger partial charge in [-0.15, -0.1) is 0 Å². The van der Waals surface area contributed by atoms with E-state index in [1.807, 2.05) is 36.4 Å². The topological polar surface area (TPSA) is 59.0 Å². The Morgan fingerprint density at radius 3 is 2.67 bits per heavy atom. The third-order valence-electron chi connectivity index (χ3n) is 6.52. The molecule has 33 heavy (non-hydrogen) atoms. The number of fused-ring (bicyclic) bond motifs is 2. The van der Waals surface area contributed by atoms with Gasteiger partial charge in [0.05, 0.1) is 10.9 Å². The second-order valence-corrected chi connectivity index (χ2v) is 8.75. The lowest BCUT2D eigenvalue weighted by atomic mass is 10.0. The standard InChI is InChI=1S/C27H23FN4O.2H2/c28-18-9-11-19(12-10-18)30-26-14-24-22(16-29-26)25(33)15-27(32(24)20-6-2-1-3-7-20)31-23-8-4-5-17-13-21(17)23;;/h1-3,6-12,14-17,21,31H,4-5,13H2,(H,29,30);2*1H. The fraction of sp³-hybridized carbons (Fsp3) is 0.185. The van der Waals surface area contributed by atoms with Gasteiger partial charge in [-0.1, -0.05) is 24.3 Å². The van der Waals surface area contributed by atoms with Gasteiger partial charge < -0.3 is 10.6 Å². The lowest BCUT2D eigenvalue weighted by Gasteiger charge is -2.21. The van der Waals surface area contributed by atoms with Crippen LogP contribution in [0.4, 0.5) is 21.7 Å². The molecule has 4 aromatic rings. The van der Waals surface area contributed by atoms with Crippen molar-refractivity contribution >= 4 is 28.2 Å². The van der Waals surface area contributed by atoms with Crippen molar-refractivity contribution in [1.82, 2.24) is 9.55 Å². The molecule has 2 atom stereocenters. The molecular formula is C27H27FN4O. The highest BCUT2D eigenvalue weighted by Gasteiger charge is 2.41. The molecule has 1 saturated carbocycles. The van der Waals surface area contributed by atoms with E-state index in [2.05, 4.69) is 26.3 Å². The van der Waals surface area contributed by atoms with Crippen LogP contribution in [0.1, 0.15) is 22.1 Å². The fourth-order valence-electron chi connectivity index (χ4n) is 4.76. The first-order chi connectivity index (χ1) is 16.2. The lowest BCUT2D eigenvalue weighted by Crippen LogP contribution is -2.16. The molecule has 2 N–H and O–H groups in total. The van der Waals surface area contributed by atoms with Crippen LogP contribution in [0.25, 0.3) is 16.6 Å². The van der Waals surface area contributed by atoms with Crippen LogP contribution in [0.2, 0.25) is 0 Å². The van der Waals surface area contributed by atoms with E-state index in [0.29, 0.717) is 17.1 Å². The minimum atomic E-state index is -0.296. The summed E-state index contributed by atoms with van der Waals surface area (Å²) in [5.74, 6) is 2.37. The Balaban J connectivity index is 0.00000144. The smallest absolute Gasteiger partial charge is 0.193 e. The number of para-hydroxylation sites is 1. The summed E-state index contributed by atoms with van der Waals surface area (Å²) in [6, 6.07) is 19.6. The van der Waals surface area contributed by atoms with Crippen molar-refractivity contribution in [2.45, 2.75) is 19.3 Å². The molecule has 5 nitrogen and oxygen atoms in total. The normalized spacial score (nSPS) is 19.0. The molecule has 6 rings (SSSR count). The molecule has 1 fully saturated rings. The number of anilines is 3. The highest BCUT2D eigenvalue weighted by molar-refractivity contribution is 5.85.